The molecule has 1 N–H and O–H groups in total. The quantitative estimate of drug-likeness (QED) is 0.587. The van der Waals surface area contributed by atoms with Crippen LogP contribution in [-0.2, 0) is 14.6 Å². The average Bonchev–Trinajstić information content (AvgIpc) is 2.38. The Labute approximate surface area is 53.8 Å². The summed E-state index contributed by atoms with van der Waals surface area (Å²) in [6.07, 6.45) is 2.02. The molecule has 1 aliphatic rings. The second kappa shape index (κ2) is 2.24. The molecule has 0 aliphatic heterocycles. The van der Waals surface area contributed by atoms with Gasteiger partial charge in [0.05, 0.1) is 6.61 Å². The predicted octanol–water partition coefficient (Wildman–Crippen LogP) is 0.216. The zero-order valence-electron chi connectivity index (χ0n) is 4.78. The monoisotopic (exact) mass is 152 g/mol. The van der Waals surface area contributed by atoms with E-state index in [0.29, 0.717) is 5.92 Å². The van der Waals surface area contributed by atoms with E-state index < -0.39 is 10.4 Å². The van der Waals surface area contributed by atoms with Crippen LogP contribution in [0.3, 0.4) is 0 Å². The SMILES string of the molecule is O=S(=O)(O)OCC1CC1. The standard InChI is InChI=1S/C4H8O4S/c5-9(6,7)8-3-4-1-2-4/h4H,1-3H2,(H,5,6,7). The van der Waals surface area contributed by atoms with Crippen molar-refractivity contribution in [2.45, 2.75) is 12.8 Å². The van der Waals surface area contributed by atoms with E-state index in [1.54, 1.807) is 0 Å². The second-order valence-corrected chi connectivity index (χ2v) is 3.25. The lowest BCUT2D eigenvalue weighted by molar-refractivity contribution is 0.257. The van der Waals surface area contributed by atoms with Crippen LogP contribution in [0.5, 0.6) is 0 Å². The summed E-state index contributed by atoms with van der Waals surface area (Å²) in [5.41, 5.74) is 0. The molecule has 0 aromatic carbocycles. The Bertz CT molecular complexity index is 179. The minimum atomic E-state index is -4.18. The Balaban J connectivity index is 2.18. The van der Waals surface area contributed by atoms with Gasteiger partial charge in [-0.25, -0.2) is 4.18 Å². The molecule has 0 unspecified atom stereocenters. The van der Waals surface area contributed by atoms with Gasteiger partial charge >= 0.3 is 10.4 Å². The molecule has 1 fully saturated rings. The van der Waals surface area contributed by atoms with Crippen molar-refractivity contribution in [1.29, 1.82) is 0 Å². The summed E-state index contributed by atoms with van der Waals surface area (Å²) in [7, 11) is -4.18. The molecule has 9 heavy (non-hydrogen) atoms. The first-order valence-electron chi connectivity index (χ1n) is 2.70. The van der Waals surface area contributed by atoms with Gasteiger partial charge in [-0.05, 0) is 18.8 Å². The normalized spacial score (nSPS) is 20.1. The molecule has 0 aromatic rings. The van der Waals surface area contributed by atoms with E-state index in [1.807, 2.05) is 0 Å². The first-order valence-corrected chi connectivity index (χ1v) is 4.06. The van der Waals surface area contributed by atoms with Gasteiger partial charge in [0.15, 0.2) is 0 Å². The van der Waals surface area contributed by atoms with Crippen LogP contribution < -0.4 is 0 Å². The highest BCUT2D eigenvalue weighted by atomic mass is 32.3. The molecule has 0 saturated heterocycles. The third kappa shape index (κ3) is 3.45. The summed E-state index contributed by atoms with van der Waals surface area (Å²) in [5.74, 6) is 0.354. The third-order valence-electron chi connectivity index (χ3n) is 1.15. The van der Waals surface area contributed by atoms with Crippen molar-refractivity contribution in [3.63, 3.8) is 0 Å². The van der Waals surface area contributed by atoms with Gasteiger partial charge in [-0.15, -0.1) is 0 Å². The van der Waals surface area contributed by atoms with Gasteiger partial charge in [-0.1, -0.05) is 0 Å². The fraction of sp³-hybridized carbons (Fsp3) is 1.00. The van der Waals surface area contributed by atoms with E-state index >= 15 is 0 Å². The first-order chi connectivity index (χ1) is 4.08. The molecule has 1 aliphatic carbocycles. The first kappa shape index (κ1) is 6.98. The van der Waals surface area contributed by atoms with Gasteiger partial charge in [0.25, 0.3) is 0 Å². The van der Waals surface area contributed by atoms with E-state index in [-0.39, 0.29) is 6.61 Å². The maximum absolute atomic E-state index is 9.90. The Morgan fingerprint density at radius 2 is 2.11 bits per heavy atom. The van der Waals surface area contributed by atoms with Crippen molar-refractivity contribution < 1.29 is 17.2 Å². The number of hydrogen-bond donors (Lipinski definition) is 1. The lowest BCUT2D eigenvalue weighted by Gasteiger charge is -1.94. The van der Waals surface area contributed by atoms with Crippen molar-refractivity contribution >= 4 is 10.4 Å². The van der Waals surface area contributed by atoms with Crippen molar-refractivity contribution in [3.8, 4) is 0 Å². The maximum Gasteiger partial charge on any atom is 0.397 e. The second-order valence-electron chi connectivity index (χ2n) is 2.16. The molecule has 54 valence electrons. The Morgan fingerprint density at radius 1 is 1.56 bits per heavy atom. The van der Waals surface area contributed by atoms with Gasteiger partial charge < -0.3 is 0 Å². The Kier molecular flexibility index (Phi) is 1.74. The van der Waals surface area contributed by atoms with Crippen LogP contribution in [0.1, 0.15) is 12.8 Å². The fourth-order valence-electron chi connectivity index (χ4n) is 0.467. The van der Waals surface area contributed by atoms with Gasteiger partial charge in [0, 0.05) is 0 Å². The minimum Gasteiger partial charge on any atom is -0.264 e. The molecule has 0 aromatic heterocycles. The highest BCUT2D eigenvalue weighted by Gasteiger charge is 2.23. The molecular weight excluding hydrogens is 144 g/mol. The maximum atomic E-state index is 9.90. The van der Waals surface area contributed by atoms with Crippen LogP contribution in [0.2, 0.25) is 0 Å². The van der Waals surface area contributed by atoms with Crippen LogP contribution in [0, 0.1) is 5.92 Å². The van der Waals surface area contributed by atoms with Crippen molar-refractivity contribution in [2.24, 2.45) is 5.92 Å². The third-order valence-corrected chi connectivity index (χ3v) is 1.58. The van der Waals surface area contributed by atoms with Crippen molar-refractivity contribution in [1.82, 2.24) is 0 Å². The minimum absolute atomic E-state index is 0.138. The van der Waals surface area contributed by atoms with Crippen molar-refractivity contribution in [2.75, 3.05) is 6.61 Å². The highest BCUT2D eigenvalue weighted by Crippen LogP contribution is 2.29. The summed E-state index contributed by atoms with van der Waals surface area (Å²) >= 11 is 0. The fourth-order valence-corrected chi connectivity index (χ4v) is 0.831. The zero-order chi connectivity index (χ0) is 6.91. The summed E-state index contributed by atoms with van der Waals surface area (Å²) < 4.78 is 31.9. The molecule has 0 amide bonds. The Morgan fingerprint density at radius 3 is 2.44 bits per heavy atom. The average molecular weight is 152 g/mol. The van der Waals surface area contributed by atoms with Gasteiger partial charge in [-0.3, -0.25) is 4.55 Å². The van der Waals surface area contributed by atoms with Gasteiger partial charge in [0.1, 0.15) is 0 Å². The molecule has 0 radical (unpaired) electrons. The lowest BCUT2D eigenvalue weighted by atomic mass is 10.5. The molecule has 5 heteroatoms. The van der Waals surface area contributed by atoms with Crippen molar-refractivity contribution in [3.05, 3.63) is 0 Å². The molecule has 1 saturated carbocycles. The molecule has 0 heterocycles. The molecule has 1 rings (SSSR count). The topological polar surface area (TPSA) is 63.6 Å². The van der Waals surface area contributed by atoms with Gasteiger partial charge in [-0.2, -0.15) is 8.42 Å². The summed E-state index contributed by atoms with van der Waals surface area (Å²) in [5, 5.41) is 0. The van der Waals surface area contributed by atoms with E-state index in [4.69, 9.17) is 4.55 Å². The van der Waals surface area contributed by atoms with E-state index in [0.717, 1.165) is 12.8 Å². The van der Waals surface area contributed by atoms with Gasteiger partial charge in [0.2, 0.25) is 0 Å². The molecule has 0 spiro atoms. The van der Waals surface area contributed by atoms with Crippen LogP contribution in [0.15, 0.2) is 0 Å². The Hall–Kier alpha value is -0.130. The van der Waals surface area contributed by atoms with E-state index in [9.17, 15) is 8.42 Å². The summed E-state index contributed by atoms with van der Waals surface area (Å²) in [4.78, 5) is 0. The molecular formula is C4H8O4S. The smallest absolute Gasteiger partial charge is 0.264 e. The zero-order valence-corrected chi connectivity index (χ0v) is 5.60. The van der Waals surface area contributed by atoms with Crippen LogP contribution in [0.25, 0.3) is 0 Å². The van der Waals surface area contributed by atoms with Crippen LogP contribution in [0.4, 0.5) is 0 Å². The van der Waals surface area contributed by atoms with E-state index in [2.05, 4.69) is 4.18 Å². The summed E-state index contributed by atoms with van der Waals surface area (Å²) in [6.45, 7) is 0.138. The predicted molar refractivity (Wildman–Crippen MR) is 30.2 cm³/mol. The van der Waals surface area contributed by atoms with Crippen LogP contribution >= 0.6 is 0 Å². The molecule has 0 bridgehead atoms. The van der Waals surface area contributed by atoms with E-state index in [1.165, 1.54) is 0 Å². The molecule has 4 nitrogen and oxygen atoms in total. The number of rotatable bonds is 3. The lowest BCUT2D eigenvalue weighted by Crippen LogP contribution is -2.05. The summed E-state index contributed by atoms with van der Waals surface area (Å²) in [6, 6.07) is 0. The molecule has 0 atom stereocenters. The van der Waals surface area contributed by atoms with Crippen LogP contribution in [-0.4, -0.2) is 19.6 Å². The highest BCUT2D eigenvalue weighted by molar-refractivity contribution is 7.80. The largest absolute Gasteiger partial charge is 0.397 e. The number of hydrogen-bond acceptors (Lipinski definition) is 3.